The number of nitrogens with zero attached hydrogens (tertiary/aromatic N) is 3. The summed E-state index contributed by atoms with van der Waals surface area (Å²) in [7, 11) is -5.75. The Hall–Kier alpha value is -1.80. The third-order valence-electron chi connectivity index (χ3n) is 8.70. The molecular formula is C29H51N5O5Si3. The summed E-state index contributed by atoms with van der Waals surface area (Å²) in [5.41, 5.74) is 4.00. The second kappa shape index (κ2) is 11.6. The second-order valence-corrected chi connectivity index (χ2v) is 27.9. The summed E-state index contributed by atoms with van der Waals surface area (Å²) in [6, 6.07) is 0. The standard InChI is InChI=1S/C29H51N5O5Si3/c1-18(2)41(19(3)4)36-16-22-24(38-42(39-41,20(5)6)21(7)8)29(9,14-15-40(11,12)13)27(37-22)34-17-31-23-25(34)32-28(30-10)33-26(23)35/h17-22,24,27H,16H2,1-13H3,(H2,30,32,33,35)/t22-,24-,27+,29?/m0/s1. The van der Waals surface area contributed by atoms with E-state index in [2.05, 4.69) is 114 Å². The molecule has 0 spiro atoms. The summed E-state index contributed by atoms with van der Waals surface area (Å²) in [5, 5.41) is 2.94. The highest BCUT2D eigenvalue weighted by Gasteiger charge is 2.64. The number of imidazole rings is 1. The number of H-pyrrole nitrogens is 1. The van der Waals surface area contributed by atoms with Crippen molar-refractivity contribution in [3.8, 4) is 11.5 Å². The van der Waals surface area contributed by atoms with Crippen molar-refractivity contribution >= 4 is 42.3 Å². The van der Waals surface area contributed by atoms with Gasteiger partial charge in [0.25, 0.3) is 5.56 Å². The molecule has 234 valence electrons. The third-order valence-corrected chi connectivity index (χ3v) is 19.8. The molecule has 0 saturated carbocycles. The van der Waals surface area contributed by atoms with Gasteiger partial charge in [0.15, 0.2) is 17.4 Å². The lowest BCUT2D eigenvalue weighted by Crippen LogP contribution is -2.66. The average Bonchev–Trinajstić information content (AvgIpc) is 3.40. The minimum atomic E-state index is -2.93. The quantitative estimate of drug-likeness (QED) is 0.299. The number of anilines is 1. The number of hydrogen-bond donors (Lipinski definition) is 2. The normalized spacial score (nSPS) is 27.7. The predicted octanol–water partition coefficient (Wildman–Crippen LogP) is 5.90. The van der Waals surface area contributed by atoms with E-state index in [1.54, 1.807) is 13.4 Å². The largest absolute Gasteiger partial charge is 0.414 e. The monoisotopic (exact) mass is 633 g/mol. The molecule has 0 aliphatic carbocycles. The molecule has 2 N–H and O–H groups in total. The average molecular weight is 634 g/mol. The van der Waals surface area contributed by atoms with Gasteiger partial charge in [-0.25, -0.2) is 4.98 Å². The first-order valence-electron chi connectivity index (χ1n) is 15.3. The molecule has 2 saturated heterocycles. The van der Waals surface area contributed by atoms with Crippen LogP contribution in [0.2, 0.25) is 41.8 Å². The Bertz CT molecular complexity index is 1390. The van der Waals surface area contributed by atoms with Crippen LogP contribution in [-0.4, -0.2) is 70.6 Å². The molecule has 0 amide bonds. The summed E-state index contributed by atoms with van der Waals surface area (Å²) in [6.45, 7) is 26.9. The van der Waals surface area contributed by atoms with Crippen LogP contribution in [-0.2, 0) is 17.7 Å². The Balaban J connectivity index is 1.97. The fourth-order valence-electron chi connectivity index (χ4n) is 6.38. The van der Waals surface area contributed by atoms with Gasteiger partial charge in [-0.15, -0.1) is 5.54 Å². The maximum atomic E-state index is 12.9. The van der Waals surface area contributed by atoms with Crippen molar-refractivity contribution in [2.45, 2.75) is 123 Å². The Morgan fingerprint density at radius 1 is 1.07 bits per heavy atom. The highest BCUT2D eigenvalue weighted by Crippen LogP contribution is 2.53. The molecule has 4 atom stereocenters. The van der Waals surface area contributed by atoms with E-state index in [1.165, 1.54) is 0 Å². The van der Waals surface area contributed by atoms with Crippen molar-refractivity contribution in [1.82, 2.24) is 19.5 Å². The zero-order chi connectivity index (χ0) is 31.4. The van der Waals surface area contributed by atoms with Crippen molar-refractivity contribution in [3.63, 3.8) is 0 Å². The van der Waals surface area contributed by atoms with Crippen LogP contribution in [0.15, 0.2) is 11.1 Å². The van der Waals surface area contributed by atoms with Crippen molar-refractivity contribution in [3.05, 3.63) is 16.7 Å². The SMILES string of the molecule is CNc1nc2c(ncn2[C@@H]2O[C@H]3CO[Si](C(C)C)(C(C)C)O[Si](C(C)C)(C(C)C)O[C@@H]3C2(C)C#C[Si](C)(C)C)c(=O)[nH]1. The molecule has 0 aromatic carbocycles. The Morgan fingerprint density at radius 2 is 1.67 bits per heavy atom. The fraction of sp³-hybridized carbons (Fsp3) is 0.759. The van der Waals surface area contributed by atoms with E-state index in [1.807, 2.05) is 4.57 Å². The molecule has 4 rings (SSSR count). The zero-order valence-corrected chi connectivity index (χ0v) is 30.7. The topological polar surface area (TPSA) is 113 Å². The molecule has 42 heavy (non-hydrogen) atoms. The van der Waals surface area contributed by atoms with Gasteiger partial charge in [0, 0.05) is 7.05 Å². The van der Waals surface area contributed by atoms with Crippen molar-refractivity contribution in [2.75, 3.05) is 19.0 Å². The summed E-state index contributed by atoms with van der Waals surface area (Å²) in [4.78, 5) is 24.7. The van der Waals surface area contributed by atoms with E-state index in [0.29, 0.717) is 18.2 Å². The van der Waals surface area contributed by atoms with Gasteiger partial charge in [-0.05, 0) is 29.1 Å². The molecule has 0 bridgehead atoms. The highest BCUT2D eigenvalue weighted by atomic mass is 28.5. The molecule has 2 aromatic rings. The maximum absolute atomic E-state index is 12.9. The van der Waals surface area contributed by atoms with Crippen LogP contribution in [0, 0.1) is 16.9 Å². The lowest BCUT2D eigenvalue weighted by molar-refractivity contribution is -0.0556. The minimum Gasteiger partial charge on any atom is -0.414 e. The van der Waals surface area contributed by atoms with Crippen LogP contribution in [0.3, 0.4) is 0 Å². The Kier molecular flexibility index (Phi) is 9.15. The molecule has 4 heterocycles. The van der Waals surface area contributed by atoms with Gasteiger partial charge >= 0.3 is 17.1 Å². The number of hydrogen-bond acceptors (Lipinski definition) is 8. The fourth-order valence-corrected chi connectivity index (χ4v) is 18.3. The second-order valence-electron chi connectivity index (χ2n) is 14.3. The van der Waals surface area contributed by atoms with E-state index < -0.39 is 49.0 Å². The molecule has 1 unspecified atom stereocenters. The molecule has 2 fully saturated rings. The summed E-state index contributed by atoms with van der Waals surface area (Å²) < 4.78 is 30.8. The van der Waals surface area contributed by atoms with Gasteiger partial charge in [0.2, 0.25) is 5.95 Å². The van der Waals surface area contributed by atoms with Crippen molar-refractivity contribution in [2.24, 2.45) is 5.41 Å². The van der Waals surface area contributed by atoms with Crippen LogP contribution < -0.4 is 10.9 Å². The van der Waals surface area contributed by atoms with E-state index in [0.717, 1.165) is 0 Å². The van der Waals surface area contributed by atoms with Gasteiger partial charge in [-0.3, -0.25) is 14.3 Å². The summed E-state index contributed by atoms with van der Waals surface area (Å²) in [5.74, 6) is 4.04. The lowest BCUT2D eigenvalue weighted by atomic mass is 9.83. The molecular weight excluding hydrogens is 583 g/mol. The molecule has 2 aromatic heterocycles. The number of ether oxygens (including phenoxy) is 1. The number of rotatable bonds is 6. The van der Waals surface area contributed by atoms with E-state index in [-0.39, 0.29) is 33.2 Å². The number of aromatic nitrogens is 4. The Labute approximate surface area is 254 Å². The molecule has 10 nitrogen and oxygen atoms in total. The lowest BCUT2D eigenvalue weighted by Gasteiger charge is -2.52. The zero-order valence-electron chi connectivity index (χ0n) is 27.7. The van der Waals surface area contributed by atoms with Gasteiger partial charge in [-0.1, -0.05) is 81.0 Å². The Morgan fingerprint density at radius 3 is 2.19 bits per heavy atom. The molecule has 0 radical (unpaired) electrons. The van der Waals surface area contributed by atoms with Gasteiger partial charge in [0.1, 0.15) is 19.6 Å². The first-order valence-corrected chi connectivity index (χ1v) is 22.7. The number of fused-ring (bicyclic) bond motifs is 2. The van der Waals surface area contributed by atoms with E-state index >= 15 is 0 Å². The van der Waals surface area contributed by atoms with E-state index in [9.17, 15) is 4.79 Å². The summed E-state index contributed by atoms with van der Waals surface area (Å²) >= 11 is 0. The first kappa shape index (κ1) is 33.1. The van der Waals surface area contributed by atoms with Crippen LogP contribution in [0.1, 0.15) is 68.5 Å². The van der Waals surface area contributed by atoms with Crippen molar-refractivity contribution in [1.29, 1.82) is 0 Å². The number of nitrogens with one attached hydrogen (secondary N) is 2. The smallest absolute Gasteiger partial charge is 0.335 e. The summed E-state index contributed by atoms with van der Waals surface area (Å²) in [6.07, 6.45) is 0.218. The molecule has 2 aliphatic rings. The van der Waals surface area contributed by atoms with Crippen LogP contribution in [0.5, 0.6) is 0 Å². The van der Waals surface area contributed by atoms with Gasteiger partial charge in [0.05, 0.1) is 19.0 Å². The van der Waals surface area contributed by atoms with Crippen LogP contribution >= 0.6 is 0 Å². The van der Waals surface area contributed by atoms with Crippen molar-refractivity contribution < 1.29 is 17.7 Å². The van der Waals surface area contributed by atoms with E-state index in [4.69, 9.17) is 17.7 Å². The first-order chi connectivity index (χ1) is 19.4. The van der Waals surface area contributed by atoms with Gasteiger partial charge in [-0.2, -0.15) is 4.98 Å². The molecule has 2 aliphatic heterocycles. The van der Waals surface area contributed by atoms with Crippen LogP contribution in [0.25, 0.3) is 11.2 Å². The molecule has 13 heteroatoms. The van der Waals surface area contributed by atoms with Crippen LogP contribution in [0.4, 0.5) is 5.95 Å². The minimum absolute atomic E-state index is 0.171. The third kappa shape index (κ3) is 5.60. The highest BCUT2D eigenvalue weighted by molar-refractivity contribution is 6.84. The number of aromatic amines is 1. The maximum Gasteiger partial charge on any atom is 0.335 e. The van der Waals surface area contributed by atoms with Gasteiger partial charge < -0.3 is 23.0 Å². The predicted molar refractivity (Wildman–Crippen MR) is 175 cm³/mol.